The van der Waals surface area contributed by atoms with E-state index in [1.807, 2.05) is 37.4 Å². The zero-order valence-corrected chi connectivity index (χ0v) is 15.0. The second kappa shape index (κ2) is 7.05. The minimum absolute atomic E-state index is 0.256. The first-order valence-electron chi connectivity index (χ1n) is 8.09. The van der Waals surface area contributed by atoms with E-state index >= 15 is 0 Å². The van der Waals surface area contributed by atoms with Crippen molar-refractivity contribution in [3.63, 3.8) is 0 Å². The fraction of sp³-hybridized carbons (Fsp3) is 0.0526. The van der Waals surface area contributed by atoms with Crippen LogP contribution in [0.15, 0.2) is 65.5 Å². The summed E-state index contributed by atoms with van der Waals surface area (Å²) in [6, 6.07) is 16.2. The lowest BCUT2D eigenvalue weighted by molar-refractivity contribution is 0.102. The molecule has 134 valence electrons. The lowest BCUT2D eigenvalue weighted by atomic mass is 10.1. The second-order valence-corrected chi connectivity index (χ2v) is 6.21. The van der Waals surface area contributed by atoms with Crippen LogP contribution in [0, 0.1) is 0 Å². The van der Waals surface area contributed by atoms with Crippen molar-refractivity contribution in [3.05, 3.63) is 71.6 Å². The summed E-state index contributed by atoms with van der Waals surface area (Å²) < 4.78 is 6.50. The summed E-state index contributed by atoms with van der Waals surface area (Å²) in [4.78, 5) is 16.4. The van der Waals surface area contributed by atoms with Crippen LogP contribution in [0.25, 0.3) is 22.8 Å². The number of hydrogen-bond acceptors (Lipinski definition) is 5. The Bertz CT molecular complexity index is 1090. The van der Waals surface area contributed by atoms with Crippen LogP contribution in [0.2, 0.25) is 5.02 Å². The van der Waals surface area contributed by atoms with E-state index in [1.54, 1.807) is 28.9 Å². The molecule has 27 heavy (non-hydrogen) atoms. The van der Waals surface area contributed by atoms with Crippen molar-refractivity contribution in [2.75, 3.05) is 5.32 Å². The highest BCUT2D eigenvalue weighted by Crippen LogP contribution is 2.25. The maximum Gasteiger partial charge on any atom is 0.257 e. The van der Waals surface area contributed by atoms with Crippen LogP contribution in [-0.4, -0.2) is 25.8 Å². The highest BCUT2D eigenvalue weighted by atomic mass is 35.5. The maximum absolute atomic E-state index is 12.3. The third kappa shape index (κ3) is 3.45. The van der Waals surface area contributed by atoms with E-state index in [-0.39, 0.29) is 5.91 Å². The Hall–Kier alpha value is -3.45. The first kappa shape index (κ1) is 17.0. The Morgan fingerprint density at radius 1 is 1.15 bits per heavy atom. The molecule has 1 N–H and O–H groups in total. The summed E-state index contributed by atoms with van der Waals surface area (Å²) in [5, 5.41) is 11.4. The summed E-state index contributed by atoms with van der Waals surface area (Å²) in [5.74, 6) is 0.175. The standard InChI is InChI=1S/C19H14ClN5O2/c1-25-17(10-16(23-25)18-21-11-27-24-18)12-6-8-13(9-7-12)22-19(26)14-4-2-3-5-15(14)20/h2-11H,1H3,(H,22,26). The van der Waals surface area contributed by atoms with Crippen molar-refractivity contribution in [2.45, 2.75) is 0 Å². The largest absolute Gasteiger partial charge is 0.342 e. The number of rotatable bonds is 4. The van der Waals surface area contributed by atoms with E-state index in [0.717, 1.165) is 11.3 Å². The van der Waals surface area contributed by atoms with Gasteiger partial charge in [-0.1, -0.05) is 41.0 Å². The molecule has 0 aliphatic rings. The lowest BCUT2D eigenvalue weighted by Gasteiger charge is -2.08. The summed E-state index contributed by atoms with van der Waals surface area (Å²) in [6.45, 7) is 0. The quantitative estimate of drug-likeness (QED) is 0.578. The molecule has 2 aromatic carbocycles. The molecular formula is C19H14ClN5O2. The average molecular weight is 380 g/mol. The zero-order valence-electron chi connectivity index (χ0n) is 14.3. The molecule has 7 nitrogen and oxygen atoms in total. The molecule has 0 fully saturated rings. The number of carbonyl (C=O) groups is 1. The monoisotopic (exact) mass is 379 g/mol. The summed E-state index contributed by atoms with van der Waals surface area (Å²) >= 11 is 6.07. The summed E-state index contributed by atoms with van der Waals surface area (Å²) in [5.41, 5.74) is 3.55. The fourth-order valence-electron chi connectivity index (χ4n) is 2.70. The number of benzene rings is 2. The molecule has 0 unspecified atom stereocenters. The molecule has 0 saturated carbocycles. The predicted octanol–water partition coefficient (Wildman–Crippen LogP) is 4.04. The van der Waals surface area contributed by atoms with Gasteiger partial charge < -0.3 is 9.84 Å². The van der Waals surface area contributed by atoms with Gasteiger partial charge in [0.15, 0.2) is 0 Å². The number of aryl methyl sites for hydroxylation is 1. The van der Waals surface area contributed by atoms with E-state index < -0.39 is 0 Å². The molecule has 1 amide bonds. The Morgan fingerprint density at radius 3 is 2.63 bits per heavy atom. The molecule has 0 spiro atoms. The van der Waals surface area contributed by atoms with Gasteiger partial charge in [-0.05, 0) is 35.9 Å². The number of amides is 1. The number of nitrogens with one attached hydrogen (secondary N) is 1. The molecule has 0 radical (unpaired) electrons. The first-order valence-corrected chi connectivity index (χ1v) is 8.47. The number of anilines is 1. The SMILES string of the molecule is Cn1nc(-c2ncon2)cc1-c1ccc(NC(=O)c2ccccc2Cl)cc1. The van der Waals surface area contributed by atoms with Gasteiger partial charge in [0.05, 0.1) is 16.3 Å². The molecule has 4 rings (SSSR count). The predicted molar refractivity (Wildman–Crippen MR) is 101 cm³/mol. The van der Waals surface area contributed by atoms with E-state index in [1.165, 1.54) is 6.39 Å². The molecule has 0 bridgehead atoms. The summed E-state index contributed by atoms with van der Waals surface area (Å²) in [7, 11) is 1.84. The van der Waals surface area contributed by atoms with Gasteiger partial charge in [-0.2, -0.15) is 10.1 Å². The molecule has 0 saturated heterocycles. The molecule has 2 aromatic heterocycles. The third-order valence-electron chi connectivity index (χ3n) is 4.03. The zero-order chi connectivity index (χ0) is 18.8. The molecule has 0 aliphatic heterocycles. The van der Waals surface area contributed by atoms with Crippen LogP contribution in [0.5, 0.6) is 0 Å². The van der Waals surface area contributed by atoms with Crippen LogP contribution in [0.3, 0.4) is 0 Å². The van der Waals surface area contributed by atoms with E-state index in [2.05, 4.69) is 20.6 Å². The third-order valence-corrected chi connectivity index (χ3v) is 4.36. The van der Waals surface area contributed by atoms with Crippen molar-refractivity contribution in [1.29, 1.82) is 0 Å². The van der Waals surface area contributed by atoms with E-state index in [4.69, 9.17) is 16.1 Å². The Kier molecular flexibility index (Phi) is 4.43. The van der Waals surface area contributed by atoms with Crippen LogP contribution in [0.1, 0.15) is 10.4 Å². The highest BCUT2D eigenvalue weighted by Gasteiger charge is 2.13. The summed E-state index contributed by atoms with van der Waals surface area (Å²) in [6.07, 6.45) is 1.26. The van der Waals surface area contributed by atoms with Gasteiger partial charge >= 0.3 is 0 Å². The van der Waals surface area contributed by atoms with Gasteiger partial charge in [0, 0.05) is 12.7 Å². The second-order valence-electron chi connectivity index (χ2n) is 5.80. The number of hydrogen-bond donors (Lipinski definition) is 1. The van der Waals surface area contributed by atoms with Crippen molar-refractivity contribution in [3.8, 4) is 22.8 Å². The van der Waals surface area contributed by atoms with Crippen LogP contribution in [0.4, 0.5) is 5.69 Å². The first-order chi connectivity index (χ1) is 13.1. The Labute approximate surface area is 159 Å². The molecule has 0 aliphatic carbocycles. The van der Waals surface area contributed by atoms with Crippen molar-refractivity contribution in [1.82, 2.24) is 19.9 Å². The van der Waals surface area contributed by atoms with Gasteiger partial charge in [-0.3, -0.25) is 9.48 Å². The molecule has 8 heteroatoms. The van der Waals surface area contributed by atoms with Crippen molar-refractivity contribution >= 4 is 23.2 Å². The highest BCUT2D eigenvalue weighted by molar-refractivity contribution is 6.34. The molecular weight excluding hydrogens is 366 g/mol. The smallest absolute Gasteiger partial charge is 0.257 e. The van der Waals surface area contributed by atoms with Crippen LogP contribution >= 0.6 is 11.6 Å². The van der Waals surface area contributed by atoms with Gasteiger partial charge in [0.2, 0.25) is 12.2 Å². The number of halogens is 1. The van der Waals surface area contributed by atoms with E-state index in [0.29, 0.717) is 27.8 Å². The Balaban J connectivity index is 1.55. The van der Waals surface area contributed by atoms with Crippen LogP contribution < -0.4 is 5.32 Å². The molecule has 0 atom stereocenters. The van der Waals surface area contributed by atoms with Gasteiger partial charge in [-0.15, -0.1) is 0 Å². The number of nitrogens with zero attached hydrogens (tertiary/aromatic N) is 4. The number of carbonyl (C=O) groups excluding carboxylic acids is 1. The maximum atomic E-state index is 12.3. The van der Waals surface area contributed by atoms with Crippen molar-refractivity contribution in [2.24, 2.45) is 7.05 Å². The van der Waals surface area contributed by atoms with Gasteiger partial charge in [0.25, 0.3) is 5.91 Å². The Morgan fingerprint density at radius 2 is 1.93 bits per heavy atom. The molecule has 4 aromatic rings. The minimum Gasteiger partial charge on any atom is -0.342 e. The average Bonchev–Trinajstić information content (AvgIpc) is 3.32. The van der Waals surface area contributed by atoms with E-state index in [9.17, 15) is 4.79 Å². The molecule has 2 heterocycles. The number of aromatic nitrogens is 4. The van der Waals surface area contributed by atoms with Gasteiger partial charge in [-0.25, -0.2) is 0 Å². The lowest BCUT2D eigenvalue weighted by Crippen LogP contribution is -2.12. The topological polar surface area (TPSA) is 85.8 Å². The minimum atomic E-state index is -0.256. The van der Waals surface area contributed by atoms with Gasteiger partial charge in [0.1, 0.15) is 5.69 Å². The van der Waals surface area contributed by atoms with Crippen molar-refractivity contribution < 1.29 is 9.32 Å². The fourth-order valence-corrected chi connectivity index (χ4v) is 2.92. The van der Waals surface area contributed by atoms with Crippen LogP contribution in [-0.2, 0) is 7.05 Å². The normalized spacial score (nSPS) is 10.7.